The van der Waals surface area contributed by atoms with Crippen molar-refractivity contribution in [3.63, 3.8) is 0 Å². The Morgan fingerprint density at radius 3 is 1.79 bits per heavy atom. The molecule has 0 heterocycles. The lowest BCUT2D eigenvalue weighted by atomic mass is 10.0. The molecule has 0 aromatic heterocycles. The highest BCUT2D eigenvalue weighted by atomic mass is 16.1. The van der Waals surface area contributed by atoms with Gasteiger partial charge >= 0.3 is 0 Å². The minimum atomic E-state index is 0.484. The zero-order chi connectivity index (χ0) is 14.2. The third-order valence-electron chi connectivity index (χ3n) is 3.67. The highest BCUT2D eigenvalue weighted by Gasteiger charge is 2.01. The fraction of sp³-hybridized carbons (Fsp3) is 0.833. The summed E-state index contributed by atoms with van der Waals surface area (Å²) in [5.74, 6) is 0.484. The third-order valence-corrected chi connectivity index (χ3v) is 3.67. The van der Waals surface area contributed by atoms with Crippen molar-refractivity contribution in [3.05, 3.63) is 12.7 Å². The van der Waals surface area contributed by atoms with Gasteiger partial charge in [-0.05, 0) is 25.7 Å². The first-order chi connectivity index (χ1) is 9.31. The van der Waals surface area contributed by atoms with Crippen LogP contribution >= 0.6 is 0 Å². The summed E-state index contributed by atoms with van der Waals surface area (Å²) in [4.78, 5) is 11.5. The number of carbonyl (C=O) groups excluding carboxylic acids is 1. The molecule has 0 atom stereocenters. The van der Waals surface area contributed by atoms with E-state index in [1.165, 1.54) is 64.2 Å². The van der Waals surface area contributed by atoms with Crippen LogP contribution in [0.2, 0.25) is 0 Å². The second-order valence-electron chi connectivity index (χ2n) is 5.65. The number of ketones is 1. The van der Waals surface area contributed by atoms with E-state index in [9.17, 15) is 4.79 Å². The predicted molar refractivity (Wildman–Crippen MR) is 85.5 cm³/mol. The van der Waals surface area contributed by atoms with Crippen LogP contribution in [0.4, 0.5) is 0 Å². The van der Waals surface area contributed by atoms with Crippen molar-refractivity contribution in [2.75, 3.05) is 0 Å². The van der Waals surface area contributed by atoms with Gasteiger partial charge in [0.25, 0.3) is 0 Å². The molecule has 0 rings (SSSR count). The summed E-state index contributed by atoms with van der Waals surface area (Å²) < 4.78 is 0. The lowest BCUT2D eigenvalue weighted by Gasteiger charge is -2.02. The van der Waals surface area contributed by atoms with Gasteiger partial charge in [-0.15, -0.1) is 6.58 Å². The highest BCUT2D eigenvalue weighted by molar-refractivity contribution is 5.78. The quantitative estimate of drug-likeness (QED) is 0.254. The van der Waals surface area contributed by atoms with Crippen LogP contribution in [0, 0.1) is 0 Å². The van der Waals surface area contributed by atoms with Gasteiger partial charge in [0.15, 0.2) is 0 Å². The summed E-state index contributed by atoms with van der Waals surface area (Å²) in [6.45, 7) is 5.92. The first-order valence-corrected chi connectivity index (χ1v) is 8.43. The normalized spacial score (nSPS) is 10.6. The van der Waals surface area contributed by atoms with Crippen molar-refractivity contribution < 1.29 is 4.79 Å². The van der Waals surface area contributed by atoms with Gasteiger partial charge in [-0.3, -0.25) is 4.79 Å². The molecule has 0 radical (unpaired) electrons. The van der Waals surface area contributed by atoms with E-state index in [1.807, 2.05) is 6.08 Å². The minimum absolute atomic E-state index is 0.484. The molecule has 19 heavy (non-hydrogen) atoms. The SMILES string of the molecule is C=CCCCCCCCCCCC(=O)CCCCC. The Bertz CT molecular complexity index is 208. The monoisotopic (exact) mass is 266 g/mol. The Labute approximate surface area is 120 Å². The molecule has 0 aliphatic rings. The van der Waals surface area contributed by atoms with Gasteiger partial charge in [-0.25, -0.2) is 0 Å². The number of carbonyl (C=O) groups is 1. The molecule has 1 nitrogen and oxygen atoms in total. The maximum atomic E-state index is 11.5. The summed E-state index contributed by atoms with van der Waals surface area (Å²) >= 11 is 0. The van der Waals surface area contributed by atoms with Crippen LogP contribution in [0.15, 0.2) is 12.7 Å². The molecule has 112 valence electrons. The second-order valence-corrected chi connectivity index (χ2v) is 5.65. The maximum absolute atomic E-state index is 11.5. The Balaban J connectivity index is 3.09. The predicted octanol–water partition coefficient (Wildman–Crippen LogP) is 6.22. The van der Waals surface area contributed by atoms with Gasteiger partial charge in [0.1, 0.15) is 5.78 Å². The van der Waals surface area contributed by atoms with Gasteiger partial charge in [0.2, 0.25) is 0 Å². The number of hydrogen-bond donors (Lipinski definition) is 0. The fourth-order valence-electron chi connectivity index (χ4n) is 2.37. The summed E-state index contributed by atoms with van der Waals surface area (Å²) in [7, 11) is 0. The zero-order valence-corrected chi connectivity index (χ0v) is 13.1. The smallest absolute Gasteiger partial charge is 0.132 e. The summed E-state index contributed by atoms with van der Waals surface area (Å²) in [5.41, 5.74) is 0. The van der Waals surface area contributed by atoms with Crippen molar-refractivity contribution in [3.8, 4) is 0 Å². The number of rotatable bonds is 15. The molecule has 0 aromatic carbocycles. The Morgan fingerprint density at radius 1 is 0.789 bits per heavy atom. The van der Waals surface area contributed by atoms with E-state index in [-0.39, 0.29) is 0 Å². The molecule has 0 aliphatic carbocycles. The average Bonchev–Trinajstić information content (AvgIpc) is 2.41. The van der Waals surface area contributed by atoms with Gasteiger partial charge in [0, 0.05) is 12.8 Å². The molecule has 0 unspecified atom stereocenters. The van der Waals surface area contributed by atoms with Crippen LogP contribution in [0.25, 0.3) is 0 Å². The number of hydrogen-bond acceptors (Lipinski definition) is 1. The van der Waals surface area contributed by atoms with E-state index in [1.54, 1.807) is 0 Å². The molecule has 0 amide bonds. The van der Waals surface area contributed by atoms with E-state index in [0.29, 0.717) is 5.78 Å². The van der Waals surface area contributed by atoms with E-state index in [4.69, 9.17) is 0 Å². The molecule has 0 N–H and O–H groups in total. The molecular formula is C18H34O. The summed E-state index contributed by atoms with van der Waals surface area (Å²) in [6.07, 6.45) is 18.7. The molecule has 0 aromatic rings. The molecule has 0 bridgehead atoms. The van der Waals surface area contributed by atoms with Crippen LogP contribution in [0.5, 0.6) is 0 Å². The summed E-state index contributed by atoms with van der Waals surface area (Å²) in [5, 5.41) is 0. The van der Waals surface area contributed by atoms with Gasteiger partial charge in [0.05, 0.1) is 0 Å². The van der Waals surface area contributed by atoms with Crippen LogP contribution in [0.1, 0.15) is 96.8 Å². The Kier molecular flexibility index (Phi) is 15.0. The van der Waals surface area contributed by atoms with Gasteiger partial charge in [-0.2, -0.15) is 0 Å². The first-order valence-electron chi connectivity index (χ1n) is 8.43. The fourth-order valence-corrected chi connectivity index (χ4v) is 2.37. The topological polar surface area (TPSA) is 17.1 Å². The number of allylic oxidation sites excluding steroid dienone is 1. The standard InChI is InChI=1S/C18H34O/c1-3-5-7-8-9-10-11-12-13-15-17-18(19)16-14-6-4-2/h3H,1,4-17H2,2H3. The van der Waals surface area contributed by atoms with Crippen molar-refractivity contribution >= 4 is 5.78 Å². The molecule has 0 fully saturated rings. The van der Waals surface area contributed by atoms with Gasteiger partial charge < -0.3 is 0 Å². The number of unbranched alkanes of at least 4 members (excludes halogenated alkanes) is 10. The van der Waals surface area contributed by atoms with E-state index >= 15 is 0 Å². The van der Waals surface area contributed by atoms with Crippen LogP contribution in [0.3, 0.4) is 0 Å². The zero-order valence-electron chi connectivity index (χ0n) is 13.1. The third kappa shape index (κ3) is 15.4. The maximum Gasteiger partial charge on any atom is 0.132 e. The van der Waals surface area contributed by atoms with Crippen LogP contribution in [-0.4, -0.2) is 5.78 Å². The van der Waals surface area contributed by atoms with Crippen molar-refractivity contribution in [2.24, 2.45) is 0 Å². The van der Waals surface area contributed by atoms with Crippen LogP contribution < -0.4 is 0 Å². The van der Waals surface area contributed by atoms with E-state index in [0.717, 1.165) is 25.7 Å². The Hall–Kier alpha value is -0.590. The average molecular weight is 266 g/mol. The van der Waals surface area contributed by atoms with Crippen molar-refractivity contribution in [1.82, 2.24) is 0 Å². The summed E-state index contributed by atoms with van der Waals surface area (Å²) in [6, 6.07) is 0. The molecule has 0 spiro atoms. The van der Waals surface area contributed by atoms with Crippen molar-refractivity contribution in [1.29, 1.82) is 0 Å². The van der Waals surface area contributed by atoms with Gasteiger partial charge in [-0.1, -0.05) is 64.4 Å². The van der Waals surface area contributed by atoms with Crippen LogP contribution in [-0.2, 0) is 4.79 Å². The number of Topliss-reactive ketones (excluding diaryl/α,β-unsaturated/α-hetero) is 1. The lowest BCUT2D eigenvalue weighted by Crippen LogP contribution is -1.97. The molecule has 1 heteroatoms. The molecular weight excluding hydrogens is 232 g/mol. The van der Waals surface area contributed by atoms with E-state index < -0.39 is 0 Å². The van der Waals surface area contributed by atoms with Crippen molar-refractivity contribution in [2.45, 2.75) is 96.8 Å². The van der Waals surface area contributed by atoms with E-state index in [2.05, 4.69) is 13.5 Å². The minimum Gasteiger partial charge on any atom is -0.300 e. The molecule has 0 saturated heterocycles. The Morgan fingerprint density at radius 2 is 1.26 bits per heavy atom. The second kappa shape index (κ2) is 15.5. The highest BCUT2D eigenvalue weighted by Crippen LogP contribution is 2.12. The molecule has 0 saturated carbocycles. The largest absolute Gasteiger partial charge is 0.300 e. The lowest BCUT2D eigenvalue weighted by molar-refractivity contribution is -0.119. The first kappa shape index (κ1) is 18.4. The molecule has 0 aliphatic heterocycles.